The van der Waals surface area contributed by atoms with Gasteiger partial charge >= 0.3 is 0 Å². The number of carbonyl (C=O) groups excluding carboxylic acids is 1. The average Bonchev–Trinajstić information content (AvgIpc) is 2.81. The highest BCUT2D eigenvalue weighted by atomic mass is 16.5. The number of aromatic nitrogens is 2. The van der Waals surface area contributed by atoms with Crippen LogP contribution in [-0.4, -0.2) is 22.8 Å². The van der Waals surface area contributed by atoms with Gasteiger partial charge in [-0.25, -0.2) is 0 Å². The summed E-state index contributed by atoms with van der Waals surface area (Å²) in [7, 11) is 3.44. The van der Waals surface area contributed by atoms with Gasteiger partial charge in [0.15, 0.2) is 0 Å². The molecule has 19 heavy (non-hydrogen) atoms. The Morgan fingerprint density at radius 1 is 1.53 bits per heavy atom. The molecular formula is C13H16N4O2. The second kappa shape index (κ2) is 5.43. The van der Waals surface area contributed by atoms with Crippen LogP contribution in [0.25, 0.3) is 0 Å². The second-order valence-corrected chi connectivity index (χ2v) is 4.16. The zero-order chi connectivity index (χ0) is 13.8. The molecule has 0 saturated heterocycles. The van der Waals surface area contributed by atoms with Crippen molar-refractivity contribution in [3.8, 4) is 5.75 Å². The number of nitrogens with two attached hydrogens (primary N) is 1. The van der Waals surface area contributed by atoms with E-state index in [4.69, 9.17) is 10.5 Å². The van der Waals surface area contributed by atoms with Crippen LogP contribution < -0.4 is 15.8 Å². The van der Waals surface area contributed by atoms with Gasteiger partial charge in [-0.2, -0.15) is 5.10 Å². The van der Waals surface area contributed by atoms with E-state index in [0.29, 0.717) is 17.9 Å². The first-order valence-electron chi connectivity index (χ1n) is 5.79. The third-order valence-electron chi connectivity index (χ3n) is 2.73. The predicted molar refractivity (Wildman–Crippen MR) is 72.0 cm³/mol. The van der Waals surface area contributed by atoms with Crippen molar-refractivity contribution in [3.63, 3.8) is 0 Å². The summed E-state index contributed by atoms with van der Waals surface area (Å²) in [6.07, 6.45) is 3.69. The first-order chi connectivity index (χ1) is 9.10. The number of hydrogen-bond acceptors (Lipinski definition) is 4. The fraction of sp³-hybridized carbons (Fsp3) is 0.231. The standard InChI is InChI=1S/C13H16N4O2/c1-17-8-9(7-16-17)6-15-11-5-10(13(14)18)3-4-12(11)19-2/h3-5,7-8,15H,6H2,1-2H3,(H2,14,18). The Kier molecular flexibility index (Phi) is 3.70. The highest BCUT2D eigenvalue weighted by Gasteiger charge is 2.07. The molecule has 3 N–H and O–H groups in total. The summed E-state index contributed by atoms with van der Waals surface area (Å²) in [5, 5.41) is 7.29. The van der Waals surface area contributed by atoms with Gasteiger partial charge in [0.25, 0.3) is 0 Å². The molecule has 1 aromatic heterocycles. The number of anilines is 1. The molecule has 0 atom stereocenters. The fourth-order valence-corrected chi connectivity index (χ4v) is 1.76. The van der Waals surface area contributed by atoms with E-state index in [2.05, 4.69) is 10.4 Å². The molecule has 1 aromatic carbocycles. The molecule has 0 aliphatic carbocycles. The molecule has 1 heterocycles. The number of rotatable bonds is 5. The molecule has 0 aliphatic heterocycles. The van der Waals surface area contributed by atoms with E-state index >= 15 is 0 Å². The first-order valence-corrected chi connectivity index (χ1v) is 5.79. The number of carbonyl (C=O) groups is 1. The molecule has 6 nitrogen and oxygen atoms in total. The number of methoxy groups -OCH3 is 1. The van der Waals surface area contributed by atoms with Crippen LogP contribution in [0.15, 0.2) is 30.6 Å². The Morgan fingerprint density at radius 2 is 2.32 bits per heavy atom. The predicted octanol–water partition coefficient (Wildman–Crippen LogP) is 1.14. The molecule has 0 bridgehead atoms. The minimum Gasteiger partial charge on any atom is -0.495 e. The van der Waals surface area contributed by atoms with Gasteiger partial charge in [-0.3, -0.25) is 9.48 Å². The maximum absolute atomic E-state index is 11.2. The van der Waals surface area contributed by atoms with Gasteiger partial charge in [0.2, 0.25) is 5.91 Å². The molecule has 0 radical (unpaired) electrons. The van der Waals surface area contributed by atoms with Crippen LogP contribution in [0.4, 0.5) is 5.69 Å². The topological polar surface area (TPSA) is 82.2 Å². The van der Waals surface area contributed by atoms with Crippen molar-refractivity contribution in [2.45, 2.75) is 6.54 Å². The molecule has 0 fully saturated rings. The number of hydrogen-bond donors (Lipinski definition) is 2. The largest absolute Gasteiger partial charge is 0.495 e. The zero-order valence-corrected chi connectivity index (χ0v) is 10.9. The van der Waals surface area contributed by atoms with Crippen molar-refractivity contribution >= 4 is 11.6 Å². The molecule has 2 aromatic rings. The first kappa shape index (κ1) is 12.9. The van der Waals surface area contributed by atoms with Crippen molar-refractivity contribution < 1.29 is 9.53 Å². The zero-order valence-electron chi connectivity index (χ0n) is 10.9. The lowest BCUT2D eigenvalue weighted by Gasteiger charge is -2.11. The van der Waals surface area contributed by atoms with E-state index in [1.807, 2.05) is 13.2 Å². The van der Waals surface area contributed by atoms with Gasteiger partial charge in [0, 0.05) is 30.9 Å². The Bertz CT molecular complexity index is 592. The van der Waals surface area contributed by atoms with Gasteiger partial charge < -0.3 is 15.8 Å². The van der Waals surface area contributed by atoms with E-state index in [-0.39, 0.29) is 0 Å². The molecule has 0 saturated carbocycles. The van der Waals surface area contributed by atoms with Crippen LogP contribution >= 0.6 is 0 Å². The monoisotopic (exact) mass is 260 g/mol. The quantitative estimate of drug-likeness (QED) is 0.844. The Labute approximate surface area is 111 Å². The van der Waals surface area contributed by atoms with E-state index in [1.54, 1.807) is 36.2 Å². The third kappa shape index (κ3) is 3.04. The maximum atomic E-state index is 11.2. The minimum absolute atomic E-state index is 0.439. The highest BCUT2D eigenvalue weighted by molar-refractivity contribution is 5.94. The number of benzene rings is 1. The van der Waals surface area contributed by atoms with Crippen LogP contribution in [0, 0.1) is 0 Å². The molecule has 2 rings (SSSR count). The van der Waals surface area contributed by atoms with E-state index in [0.717, 1.165) is 11.3 Å². The van der Waals surface area contributed by atoms with E-state index < -0.39 is 5.91 Å². The number of nitrogens with zero attached hydrogens (tertiary/aromatic N) is 2. The summed E-state index contributed by atoms with van der Waals surface area (Å²) in [6, 6.07) is 5.03. The lowest BCUT2D eigenvalue weighted by atomic mass is 10.1. The third-order valence-corrected chi connectivity index (χ3v) is 2.73. The number of aryl methyl sites for hydroxylation is 1. The summed E-state index contributed by atoms with van der Waals surface area (Å²) < 4.78 is 6.97. The maximum Gasteiger partial charge on any atom is 0.248 e. The lowest BCUT2D eigenvalue weighted by molar-refractivity contribution is 0.100. The molecule has 0 spiro atoms. The van der Waals surface area contributed by atoms with Gasteiger partial charge in [-0.1, -0.05) is 0 Å². The molecule has 0 unspecified atom stereocenters. The Balaban J connectivity index is 2.17. The van der Waals surface area contributed by atoms with E-state index in [9.17, 15) is 4.79 Å². The van der Waals surface area contributed by atoms with Gasteiger partial charge in [0.05, 0.1) is 19.0 Å². The number of ether oxygens (including phenoxy) is 1. The molecule has 0 aliphatic rings. The van der Waals surface area contributed by atoms with Crippen molar-refractivity contribution in [3.05, 3.63) is 41.7 Å². The summed E-state index contributed by atoms with van der Waals surface area (Å²) >= 11 is 0. The SMILES string of the molecule is COc1ccc(C(N)=O)cc1NCc1cnn(C)c1. The van der Waals surface area contributed by atoms with Crippen LogP contribution in [0.3, 0.4) is 0 Å². The average molecular weight is 260 g/mol. The number of primary amides is 1. The Morgan fingerprint density at radius 3 is 2.89 bits per heavy atom. The lowest BCUT2D eigenvalue weighted by Crippen LogP contribution is -2.11. The summed E-state index contributed by atoms with van der Waals surface area (Å²) in [4.78, 5) is 11.2. The van der Waals surface area contributed by atoms with Crippen LogP contribution in [0.2, 0.25) is 0 Å². The van der Waals surface area contributed by atoms with Crippen molar-refractivity contribution in [1.82, 2.24) is 9.78 Å². The normalized spacial score (nSPS) is 10.2. The number of nitrogens with one attached hydrogen (secondary N) is 1. The van der Waals surface area contributed by atoms with Crippen LogP contribution in [0.5, 0.6) is 5.75 Å². The highest BCUT2D eigenvalue weighted by Crippen LogP contribution is 2.25. The molecule has 100 valence electrons. The molecular weight excluding hydrogens is 244 g/mol. The van der Waals surface area contributed by atoms with E-state index in [1.165, 1.54) is 0 Å². The summed E-state index contributed by atoms with van der Waals surface area (Å²) in [6.45, 7) is 0.590. The van der Waals surface area contributed by atoms with Crippen molar-refractivity contribution in [2.24, 2.45) is 12.8 Å². The smallest absolute Gasteiger partial charge is 0.248 e. The summed E-state index contributed by atoms with van der Waals surface area (Å²) in [5.41, 5.74) is 7.46. The van der Waals surface area contributed by atoms with Gasteiger partial charge in [-0.05, 0) is 18.2 Å². The van der Waals surface area contributed by atoms with Crippen molar-refractivity contribution in [2.75, 3.05) is 12.4 Å². The van der Waals surface area contributed by atoms with Gasteiger partial charge in [-0.15, -0.1) is 0 Å². The Hall–Kier alpha value is -2.50. The number of amides is 1. The van der Waals surface area contributed by atoms with Gasteiger partial charge in [0.1, 0.15) is 5.75 Å². The van der Waals surface area contributed by atoms with Crippen LogP contribution in [-0.2, 0) is 13.6 Å². The molecule has 6 heteroatoms. The fourth-order valence-electron chi connectivity index (χ4n) is 1.76. The second-order valence-electron chi connectivity index (χ2n) is 4.16. The molecule has 1 amide bonds. The van der Waals surface area contributed by atoms with Crippen LogP contribution in [0.1, 0.15) is 15.9 Å². The summed E-state index contributed by atoms with van der Waals surface area (Å²) in [5.74, 6) is 0.195. The van der Waals surface area contributed by atoms with Crippen molar-refractivity contribution in [1.29, 1.82) is 0 Å². The minimum atomic E-state index is -0.466.